The smallest absolute Gasteiger partial charge is 0.342 e. The fraction of sp³-hybridized carbons (Fsp3) is 0.227. The van der Waals surface area contributed by atoms with E-state index in [2.05, 4.69) is 10.4 Å². The molecule has 3 rings (SSSR count). The lowest BCUT2D eigenvalue weighted by molar-refractivity contribution is -0.124. The summed E-state index contributed by atoms with van der Waals surface area (Å²) in [4.78, 5) is 24.7. The van der Waals surface area contributed by atoms with Gasteiger partial charge in [0, 0.05) is 11.6 Å². The van der Waals surface area contributed by atoms with Gasteiger partial charge in [-0.2, -0.15) is 5.10 Å². The first-order chi connectivity index (χ1) is 14.3. The van der Waals surface area contributed by atoms with E-state index in [4.69, 9.17) is 4.74 Å². The number of hydrogen-bond acceptors (Lipinski definition) is 4. The topological polar surface area (TPSA) is 73.2 Å². The molecule has 0 unspecified atom stereocenters. The molecule has 2 aromatic carbocycles. The molecule has 0 fully saturated rings. The number of ether oxygens (including phenoxy) is 1. The summed E-state index contributed by atoms with van der Waals surface area (Å²) < 4.78 is 33.6. The summed E-state index contributed by atoms with van der Waals surface area (Å²) in [6, 6.07) is 11.7. The van der Waals surface area contributed by atoms with Gasteiger partial charge in [0.15, 0.2) is 6.61 Å². The third kappa shape index (κ3) is 4.53. The highest BCUT2D eigenvalue weighted by atomic mass is 19.1. The van der Waals surface area contributed by atoms with Gasteiger partial charge < -0.3 is 10.1 Å². The van der Waals surface area contributed by atoms with Crippen molar-refractivity contribution in [2.45, 2.75) is 26.8 Å². The van der Waals surface area contributed by atoms with Crippen molar-refractivity contribution in [1.82, 2.24) is 15.1 Å². The summed E-state index contributed by atoms with van der Waals surface area (Å²) in [5, 5.41) is 6.90. The van der Waals surface area contributed by atoms with Crippen LogP contribution in [0, 0.1) is 25.5 Å². The highest BCUT2D eigenvalue weighted by Gasteiger charge is 2.22. The van der Waals surface area contributed by atoms with Crippen molar-refractivity contribution in [2.75, 3.05) is 6.61 Å². The van der Waals surface area contributed by atoms with E-state index in [1.54, 1.807) is 25.5 Å². The summed E-state index contributed by atoms with van der Waals surface area (Å²) in [5.74, 6) is -2.75. The largest absolute Gasteiger partial charge is 0.452 e. The number of aryl methyl sites for hydroxylation is 1. The number of halogens is 2. The zero-order valence-corrected chi connectivity index (χ0v) is 16.8. The first-order valence-corrected chi connectivity index (χ1v) is 9.31. The maximum absolute atomic E-state index is 13.8. The van der Waals surface area contributed by atoms with Crippen molar-refractivity contribution in [3.8, 4) is 5.69 Å². The molecule has 1 heterocycles. The van der Waals surface area contributed by atoms with Gasteiger partial charge in [-0.1, -0.05) is 24.3 Å². The molecule has 0 spiro atoms. The third-order valence-corrected chi connectivity index (χ3v) is 4.64. The molecule has 30 heavy (non-hydrogen) atoms. The van der Waals surface area contributed by atoms with Gasteiger partial charge in [0.05, 0.1) is 23.1 Å². The van der Waals surface area contributed by atoms with Gasteiger partial charge in [0.1, 0.15) is 17.2 Å². The third-order valence-electron chi connectivity index (χ3n) is 4.64. The number of carbonyl (C=O) groups is 2. The van der Waals surface area contributed by atoms with Crippen molar-refractivity contribution in [3.63, 3.8) is 0 Å². The number of amides is 1. The second-order valence-electron chi connectivity index (χ2n) is 6.82. The molecule has 0 saturated heterocycles. The number of nitrogens with zero attached hydrogens (tertiary/aromatic N) is 2. The van der Waals surface area contributed by atoms with Crippen LogP contribution in [0.5, 0.6) is 0 Å². The van der Waals surface area contributed by atoms with Gasteiger partial charge in [-0.25, -0.2) is 18.3 Å². The second kappa shape index (κ2) is 8.86. The molecule has 1 N–H and O–H groups in total. The number of rotatable bonds is 6. The summed E-state index contributed by atoms with van der Waals surface area (Å²) in [7, 11) is 0. The van der Waals surface area contributed by atoms with Crippen molar-refractivity contribution < 1.29 is 23.1 Å². The summed E-state index contributed by atoms with van der Waals surface area (Å²) >= 11 is 0. The van der Waals surface area contributed by atoms with Crippen LogP contribution in [0.15, 0.2) is 48.5 Å². The van der Waals surface area contributed by atoms with Gasteiger partial charge in [-0.15, -0.1) is 0 Å². The van der Waals surface area contributed by atoms with Gasteiger partial charge in [-0.05, 0) is 39.0 Å². The Morgan fingerprint density at radius 2 is 1.83 bits per heavy atom. The highest BCUT2D eigenvalue weighted by Crippen LogP contribution is 2.19. The zero-order chi connectivity index (χ0) is 21.8. The van der Waals surface area contributed by atoms with Crippen molar-refractivity contribution in [2.24, 2.45) is 0 Å². The molecule has 3 aromatic rings. The number of benzene rings is 2. The monoisotopic (exact) mass is 413 g/mol. The Balaban J connectivity index is 1.64. The minimum atomic E-state index is -0.764. The summed E-state index contributed by atoms with van der Waals surface area (Å²) in [5.41, 5.74) is 2.27. The number of nitrogens with one attached hydrogen (secondary N) is 1. The number of carbonyl (C=O) groups excluding carboxylic acids is 2. The molecular weight excluding hydrogens is 392 g/mol. The van der Waals surface area contributed by atoms with Crippen LogP contribution < -0.4 is 5.32 Å². The molecule has 1 amide bonds. The quantitative estimate of drug-likeness (QED) is 0.624. The lowest BCUT2D eigenvalue weighted by Crippen LogP contribution is -2.31. The fourth-order valence-corrected chi connectivity index (χ4v) is 3.18. The minimum absolute atomic E-state index is 0.131. The van der Waals surface area contributed by atoms with E-state index in [0.29, 0.717) is 11.4 Å². The van der Waals surface area contributed by atoms with E-state index in [9.17, 15) is 18.4 Å². The molecule has 0 aliphatic carbocycles. The predicted octanol–water partition coefficient (Wildman–Crippen LogP) is 3.80. The van der Waals surface area contributed by atoms with Crippen LogP contribution >= 0.6 is 0 Å². The molecule has 156 valence electrons. The Bertz CT molecular complexity index is 1080. The van der Waals surface area contributed by atoms with Crippen LogP contribution in [0.4, 0.5) is 8.78 Å². The first kappa shape index (κ1) is 21.2. The molecule has 8 heteroatoms. The standard InChI is InChI=1S/C22H21F2N3O3/c1-13(18-10-9-16(23)11-19(18)24)25-20(28)12-30-22(29)21-14(2)26-27(15(21)3)17-7-5-4-6-8-17/h4-11,13H,12H2,1-3H3,(H,25,28)/t13-/m1/s1. The van der Waals surface area contributed by atoms with E-state index in [1.165, 1.54) is 6.07 Å². The number of hydrogen-bond donors (Lipinski definition) is 1. The van der Waals surface area contributed by atoms with E-state index in [0.717, 1.165) is 17.8 Å². The number of para-hydroxylation sites is 1. The van der Waals surface area contributed by atoms with Crippen molar-refractivity contribution in [3.05, 3.63) is 82.7 Å². The Morgan fingerprint density at radius 3 is 2.50 bits per heavy atom. The molecule has 0 bridgehead atoms. The van der Waals surface area contributed by atoms with E-state index >= 15 is 0 Å². The highest BCUT2D eigenvalue weighted by molar-refractivity contribution is 5.93. The maximum Gasteiger partial charge on any atom is 0.342 e. The maximum atomic E-state index is 13.8. The van der Waals surface area contributed by atoms with Crippen LogP contribution in [-0.4, -0.2) is 28.3 Å². The molecule has 1 aromatic heterocycles. The molecule has 0 saturated carbocycles. The normalized spacial score (nSPS) is 11.8. The minimum Gasteiger partial charge on any atom is -0.452 e. The zero-order valence-electron chi connectivity index (χ0n) is 16.8. The van der Waals surface area contributed by atoms with Crippen LogP contribution in [0.25, 0.3) is 5.69 Å². The Kier molecular flexibility index (Phi) is 6.25. The van der Waals surface area contributed by atoms with Gasteiger partial charge >= 0.3 is 5.97 Å². The molecule has 0 aliphatic heterocycles. The number of esters is 1. The number of aromatic nitrogens is 2. The average Bonchev–Trinajstić information content (AvgIpc) is 3.01. The molecule has 0 radical (unpaired) electrons. The van der Waals surface area contributed by atoms with E-state index in [-0.39, 0.29) is 11.1 Å². The summed E-state index contributed by atoms with van der Waals surface area (Å²) in [6.07, 6.45) is 0. The second-order valence-corrected chi connectivity index (χ2v) is 6.82. The average molecular weight is 413 g/mol. The Morgan fingerprint density at radius 1 is 1.13 bits per heavy atom. The van der Waals surface area contributed by atoms with E-state index < -0.39 is 36.2 Å². The SMILES string of the molecule is Cc1nn(-c2ccccc2)c(C)c1C(=O)OCC(=O)N[C@H](C)c1ccc(F)cc1F. The lowest BCUT2D eigenvalue weighted by Gasteiger charge is -2.15. The van der Waals surface area contributed by atoms with Gasteiger partial charge in [-0.3, -0.25) is 4.79 Å². The van der Waals surface area contributed by atoms with Crippen LogP contribution in [0.3, 0.4) is 0 Å². The van der Waals surface area contributed by atoms with E-state index in [1.807, 2.05) is 30.3 Å². The Hall–Kier alpha value is -3.55. The lowest BCUT2D eigenvalue weighted by atomic mass is 10.1. The molecular formula is C22H21F2N3O3. The predicted molar refractivity (Wildman–Crippen MR) is 106 cm³/mol. The van der Waals surface area contributed by atoms with Crippen molar-refractivity contribution >= 4 is 11.9 Å². The fourth-order valence-electron chi connectivity index (χ4n) is 3.18. The molecule has 0 aliphatic rings. The van der Waals surface area contributed by atoms with Gasteiger partial charge in [0.2, 0.25) is 0 Å². The summed E-state index contributed by atoms with van der Waals surface area (Å²) in [6.45, 7) is 4.43. The van der Waals surface area contributed by atoms with Crippen LogP contribution in [-0.2, 0) is 9.53 Å². The van der Waals surface area contributed by atoms with Crippen LogP contribution in [0.2, 0.25) is 0 Å². The van der Waals surface area contributed by atoms with Crippen molar-refractivity contribution in [1.29, 1.82) is 0 Å². The Labute approximate surface area is 172 Å². The first-order valence-electron chi connectivity index (χ1n) is 9.31. The van der Waals surface area contributed by atoms with Crippen LogP contribution in [0.1, 0.15) is 40.3 Å². The molecule has 6 nitrogen and oxygen atoms in total. The van der Waals surface area contributed by atoms with Gasteiger partial charge in [0.25, 0.3) is 5.91 Å². The molecule has 1 atom stereocenters.